The van der Waals surface area contributed by atoms with E-state index in [4.69, 9.17) is 5.73 Å². The van der Waals surface area contributed by atoms with Gasteiger partial charge in [-0.25, -0.2) is 0 Å². The number of aromatic nitrogens is 3. The number of phenolic OH excluding ortho intramolecular Hbond substituents is 1. The first-order valence-electron chi connectivity index (χ1n) is 10.1. The minimum absolute atomic E-state index is 0. The van der Waals surface area contributed by atoms with Crippen molar-refractivity contribution in [2.24, 2.45) is 11.7 Å². The summed E-state index contributed by atoms with van der Waals surface area (Å²) in [6, 6.07) is 7.99. The van der Waals surface area contributed by atoms with Gasteiger partial charge in [-0.3, -0.25) is 14.4 Å². The molecule has 0 saturated carbocycles. The van der Waals surface area contributed by atoms with Crippen LogP contribution >= 0.6 is 24.8 Å². The second-order valence-corrected chi connectivity index (χ2v) is 8.17. The lowest BCUT2D eigenvalue weighted by Crippen LogP contribution is -2.60. The molecule has 1 amide bonds. The van der Waals surface area contributed by atoms with Gasteiger partial charge < -0.3 is 15.7 Å². The zero-order chi connectivity index (χ0) is 19.3. The molecule has 4 saturated heterocycles. The van der Waals surface area contributed by atoms with Gasteiger partial charge >= 0.3 is 0 Å². The number of carbonyl (C=O) groups excluding carboxylic acids is 1. The Hall–Kier alpha value is -1.87. The van der Waals surface area contributed by atoms with Crippen molar-refractivity contribution in [3.8, 4) is 5.75 Å². The molecule has 30 heavy (non-hydrogen) atoms. The van der Waals surface area contributed by atoms with Gasteiger partial charge in [-0.05, 0) is 49.5 Å². The van der Waals surface area contributed by atoms with Gasteiger partial charge in [0.05, 0.1) is 18.8 Å². The first kappa shape index (κ1) is 22.8. The van der Waals surface area contributed by atoms with E-state index in [-0.39, 0.29) is 48.4 Å². The molecule has 10 heteroatoms. The number of fused-ring (bicyclic) bond motifs is 2. The number of carbonyl (C=O) groups is 1. The second kappa shape index (κ2) is 9.09. The molecule has 4 aliphatic rings. The van der Waals surface area contributed by atoms with Crippen LogP contribution in [-0.4, -0.2) is 74.1 Å². The zero-order valence-corrected chi connectivity index (χ0v) is 18.3. The highest BCUT2D eigenvalue weighted by molar-refractivity contribution is 5.92. The van der Waals surface area contributed by atoms with Crippen molar-refractivity contribution >= 4 is 30.7 Å². The van der Waals surface area contributed by atoms with Crippen molar-refractivity contribution < 1.29 is 9.90 Å². The van der Waals surface area contributed by atoms with Crippen molar-refractivity contribution in [1.82, 2.24) is 24.8 Å². The molecule has 5 heterocycles. The van der Waals surface area contributed by atoms with E-state index >= 15 is 0 Å². The van der Waals surface area contributed by atoms with Crippen LogP contribution in [0.3, 0.4) is 0 Å². The van der Waals surface area contributed by atoms with Crippen molar-refractivity contribution in [2.45, 2.75) is 37.4 Å². The number of nitrogens with two attached hydrogens (primary N) is 1. The Morgan fingerprint density at radius 1 is 1.20 bits per heavy atom. The first-order chi connectivity index (χ1) is 13.7. The molecule has 164 valence electrons. The molecule has 4 fully saturated rings. The summed E-state index contributed by atoms with van der Waals surface area (Å²) in [6.45, 7) is 3.84. The Kier molecular flexibility index (Phi) is 6.91. The number of phenols is 1. The Balaban J connectivity index is 0.00000128. The minimum Gasteiger partial charge on any atom is -0.508 e. The van der Waals surface area contributed by atoms with Crippen LogP contribution in [0.25, 0.3) is 0 Å². The third-order valence-electron chi connectivity index (χ3n) is 6.67. The molecule has 2 aromatic rings. The number of rotatable bonds is 4. The summed E-state index contributed by atoms with van der Waals surface area (Å²) in [4.78, 5) is 17.9. The number of nitrogens with zero attached hydrogens (tertiary/aromatic N) is 5. The fraction of sp³-hybridized carbons (Fsp3) is 0.550. The quantitative estimate of drug-likeness (QED) is 0.725. The molecule has 0 radical (unpaired) electrons. The number of amides is 1. The van der Waals surface area contributed by atoms with Crippen molar-refractivity contribution in [2.75, 3.05) is 26.2 Å². The topological polar surface area (TPSA) is 101 Å². The third-order valence-corrected chi connectivity index (χ3v) is 6.67. The largest absolute Gasteiger partial charge is 0.508 e. The van der Waals surface area contributed by atoms with Gasteiger partial charge in [-0.2, -0.15) is 0 Å². The van der Waals surface area contributed by atoms with E-state index in [0.29, 0.717) is 37.3 Å². The van der Waals surface area contributed by atoms with Gasteiger partial charge in [-0.1, -0.05) is 17.3 Å². The lowest BCUT2D eigenvalue weighted by Gasteiger charge is -2.51. The Labute approximate surface area is 188 Å². The molecule has 0 aliphatic carbocycles. The summed E-state index contributed by atoms with van der Waals surface area (Å²) in [5.41, 5.74) is 7.07. The molecular formula is C20H28Cl2N6O2. The minimum atomic E-state index is -0.0466. The third kappa shape index (κ3) is 3.77. The number of hydrogen-bond acceptors (Lipinski definition) is 6. The molecule has 3 N–H and O–H groups in total. The Morgan fingerprint density at radius 3 is 2.67 bits per heavy atom. The van der Waals surface area contributed by atoms with Crippen LogP contribution in [0.4, 0.5) is 0 Å². The molecule has 4 aliphatic heterocycles. The van der Waals surface area contributed by atoms with Crippen LogP contribution in [0.2, 0.25) is 0 Å². The summed E-state index contributed by atoms with van der Waals surface area (Å²) in [7, 11) is 0. The molecule has 1 aromatic carbocycles. The number of piperidine rings is 3. The molecular weight excluding hydrogens is 427 g/mol. The van der Waals surface area contributed by atoms with Crippen LogP contribution in [0.15, 0.2) is 30.5 Å². The highest BCUT2D eigenvalue weighted by Crippen LogP contribution is 2.47. The first-order valence-corrected chi connectivity index (χ1v) is 10.1. The number of likely N-dealkylation sites (tertiary alicyclic amines) is 1. The van der Waals surface area contributed by atoms with Crippen LogP contribution in [0.1, 0.15) is 34.8 Å². The highest BCUT2D eigenvalue weighted by Gasteiger charge is 2.55. The summed E-state index contributed by atoms with van der Waals surface area (Å²) in [5, 5.41) is 18.1. The summed E-state index contributed by atoms with van der Waals surface area (Å²) >= 11 is 0. The zero-order valence-electron chi connectivity index (χ0n) is 16.6. The molecule has 8 nitrogen and oxygen atoms in total. The van der Waals surface area contributed by atoms with E-state index < -0.39 is 0 Å². The Morgan fingerprint density at radius 2 is 1.97 bits per heavy atom. The summed E-state index contributed by atoms with van der Waals surface area (Å²) in [6.07, 6.45) is 3.97. The predicted octanol–water partition coefficient (Wildman–Crippen LogP) is 1.49. The van der Waals surface area contributed by atoms with Gasteiger partial charge in [0, 0.05) is 25.0 Å². The van der Waals surface area contributed by atoms with E-state index in [9.17, 15) is 9.90 Å². The average molecular weight is 455 g/mol. The van der Waals surface area contributed by atoms with Gasteiger partial charge in [0.1, 0.15) is 5.75 Å². The number of benzene rings is 1. The maximum atomic E-state index is 13.4. The van der Waals surface area contributed by atoms with Crippen molar-refractivity contribution in [3.63, 3.8) is 0 Å². The van der Waals surface area contributed by atoms with Gasteiger partial charge in [-0.15, -0.1) is 29.9 Å². The molecule has 6 rings (SSSR count). The van der Waals surface area contributed by atoms with Crippen molar-refractivity contribution in [1.29, 1.82) is 0 Å². The normalized spacial score (nSPS) is 29.1. The SMILES string of the molecule is Cl.Cl.NCCn1cc(C(=O)N2C[C@@H](c3cccc(O)c3)[C@@H]3[C@H]2C2CCN3CC2)nn1. The van der Waals surface area contributed by atoms with Gasteiger partial charge in [0.15, 0.2) is 5.69 Å². The molecule has 0 unspecified atom stereocenters. The highest BCUT2D eigenvalue weighted by atomic mass is 35.5. The van der Waals surface area contributed by atoms with E-state index in [1.54, 1.807) is 16.9 Å². The molecule has 2 bridgehead atoms. The van der Waals surface area contributed by atoms with Crippen LogP contribution in [0.5, 0.6) is 5.75 Å². The monoisotopic (exact) mass is 454 g/mol. The van der Waals surface area contributed by atoms with E-state index in [2.05, 4.69) is 21.3 Å². The van der Waals surface area contributed by atoms with Crippen molar-refractivity contribution in [3.05, 3.63) is 41.7 Å². The summed E-state index contributed by atoms with van der Waals surface area (Å²) < 4.78 is 1.63. The van der Waals surface area contributed by atoms with Gasteiger partial charge in [0.25, 0.3) is 5.91 Å². The van der Waals surface area contributed by atoms with Gasteiger partial charge in [0.2, 0.25) is 0 Å². The van der Waals surface area contributed by atoms with E-state index in [0.717, 1.165) is 31.5 Å². The van der Waals surface area contributed by atoms with E-state index in [1.807, 2.05) is 17.0 Å². The summed E-state index contributed by atoms with van der Waals surface area (Å²) in [5.74, 6) is 0.956. The lowest BCUT2D eigenvalue weighted by atomic mass is 9.75. The maximum absolute atomic E-state index is 13.4. The fourth-order valence-corrected chi connectivity index (χ4v) is 5.49. The maximum Gasteiger partial charge on any atom is 0.276 e. The predicted molar refractivity (Wildman–Crippen MR) is 117 cm³/mol. The van der Waals surface area contributed by atoms with Crippen LogP contribution < -0.4 is 5.73 Å². The van der Waals surface area contributed by atoms with Crippen LogP contribution in [-0.2, 0) is 6.54 Å². The number of halogens is 2. The Bertz CT molecular complexity index is 886. The number of aromatic hydroxyl groups is 1. The lowest BCUT2D eigenvalue weighted by molar-refractivity contribution is -0.00359. The number of hydrogen-bond donors (Lipinski definition) is 2. The molecule has 3 atom stereocenters. The second-order valence-electron chi connectivity index (χ2n) is 8.17. The van der Waals surface area contributed by atoms with Crippen LogP contribution in [0, 0.1) is 5.92 Å². The smallest absolute Gasteiger partial charge is 0.276 e. The molecule has 0 spiro atoms. The standard InChI is InChI=1S/C20H26N6O2.2ClH/c21-6-9-25-12-17(22-23-25)20(28)26-11-16(14-2-1-3-15(27)10-14)19-18(26)13-4-7-24(19)8-5-13;;/h1-3,10,12-13,16,18-19,27H,4-9,11,21H2;2*1H/t16-,18+,19+;;/m0../s1. The van der Waals surface area contributed by atoms with E-state index in [1.165, 1.54) is 0 Å². The average Bonchev–Trinajstić information content (AvgIpc) is 3.35. The molecule has 1 aromatic heterocycles. The fourth-order valence-electron chi connectivity index (χ4n) is 5.49.